The fraction of sp³-hybridized carbons (Fsp3) is 0.208. The van der Waals surface area contributed by atoms with Crippen molar-refractivity contribution in [2.75, 3.05) is 17.2 Å². The SMILES string of the molecule is [2H]C([2H])(O)[C@@H](Nc1nc(Nc2ccc3c(c2)C(C)(C)NC3=O)ncc1-c1nnco1)c1ccc(F)cc1. The highest BCUT2D eigenvalue weighted by atomic mass is 19.1. The lowest BCUT2D eigenvalue weighted by molar-refractivity contribution is 0.0940. The first-order valence-electron chi connectivity index (χ1n) is 11.6. The van der Waals surface area contributed by atoms with E-state index in [1.54, 1.807) is 12.1 Å². The Hall–Kier alpha value is -4.38. The lowest BCUT2D eigenvalue weighted by Crippen LogP contribution is -2.32. The van der Waals surface area contributed by atoms with Crippen molar-refractivity contribution in [2.45, 2.75) is 25.4 Å². The first kappa shape index (κ1) is 20.0. The van der Waals surface area contributed by atoms with Crippen LogP contribution in [0.3, 0.4) is 0 Å². The van der Waals surface area contributed by atoms with E-state index in [9.17, 15) is 14.3 Å². The van der Waals surface area contributed by atoms with Crippen molar-refractivity contribution in [1.29, 1.82) is 0 Å². The van der Waals surface area contributed by atoms with Gasteiger partial charge in [0.1, 0.15) is 11.6 Å². The summed E-state index contributed by atoms with van der Waals surface area (Å²) in [6.45, 7) is 1.04. The molecule has 2 aromatic carbocycles. The quantitative estimate of drug-likeness (QED) is 0.315. The molecule has 0 aliphatic carbocycles. The maximum absolute atomic E-state index is 13.5. The minimum absolute atomic E-state index is 0.0641. The highest BCUT2D eigenvalue weighted by molar-refractivity contribution is 6.00. The van der Waals surface area contributed by atoms with Crippen molar-refractivity contribution in [3.8, 4) is 11.5 Å². The second-order valence-corrected chi connectivity index (χ2v) is 8.42. The Bertz CT molecular complexity index is 1460. The number of rotatable bonds is 7. The van der Waals surface area contributed by atoms with E-state index in [0.717, 1.165) is 24.1 Å². The number of fused-ring (bicyclic) bond motifs is 1. The van der Waals surface area contributed by atoms with Gasteiger partial charge in [0.15, 0.2) is 0 Å². The van der Waals surface area contributed by atoms with Crippen LogP contribution in [0.25, 0.3) is 11.5 Å². The zero-order valence-electron chi connectivity index (χ0n) is 20.7. The number of carbonyl (C=O) groups excluding carboxylic acids is 1. The molecule has 0 spiro atoms. The standard InChI is InChI=1S/C24H22FN7O3/c1-24(2)18-9-15(7-8-16(18)21(34)31-24)28-23-26-10-17(22-32-27-12-35-22)20(30-23)29-19(11-33)13-3-5-14(25)6-4-13/h3-10,12,19,33H,11H2,1-2H3,(H,31,34)(H2,26,28,29,30)/t19-/m1/s1/i11D2. The molecule has 178 valence electrons. The van der Waals surface area contributed by atoms with Crippen LogP contribution in [0.5, 0.6) is 0 Å². The number of benzene rings is 2. The summed E-state index contributed by atoms with van der Waals surface area (Å²) in [6, 6.07) is 8.95. The van der Waals surface area contributed by atoms with Gasteiger partial charge in [0.05, 0.1) is 26.4 Å². The van der Waals surface area contributed by atoms with E-state index in [0.29, 0.717) is 11.3 Å². The van der Waals surface area contributed by atoms with E-state index < -0.39 is 24.0 Å². The van der Waals surface area contributed by atoms with E-state index in [1.807, 2.05) is 19.9 Å². The summed E-state index contributed by atoms with van der Waals surface area (Å²) < 4.78 is 34.7. The second-order valence-electron chi connectivity index (χ2n) is 8.42. The molecule has 4 aromatic rings. The van der Waals surface area contributed by atoms with Crippen LogP contribution < -0.4 is 16.0 Å². The predicted octanol–water partition coefficient (Wildman–Crippen LogP) is 3.53. The molecule has 1 atom stereocenters. The fourth-order valence-corrected chi connectivity index (χ4v) is 3.87. The van der Waals surface area contributed by atoms with Crippen LogP contribution in [-0.4, -0.2) is 37.7 Å². The maximum Gasteiger partial charge on any atom is 0.252 e. The van der Waals surface area contributed by atoms with Crippen molar-refractivity contribution < 1.29 is 21.5 Å². The summed E-state index contributed by atoms with van der Waals surface area (Å²) >= 11 is 0. The van der Waals surface area contributed by atoms with Gasteiger partial charge in [-0.05, 0) is 55.3 Å². The molecule has 1 aliphatic heterocycles. The van der Waals surface area contributed by atoms with Crippen molar-refractivity contribution in [3.05, 3.63) is 77.6 Å². The number of carbonyl (C=O) groups is 1. The Morgan fingerprint density at radius 2 is 2.03 bits per heavy atom. The van der Waals surface area contributed by atoms with Crippen LogP contribution in [0.4, 0.5) is 21.8 Å². The molecule has 0 fully saturated rings. The Labute approximate surface area is 202 Å². The van der Waals surface area contributed by atoms with Crippen LogP contribution in [0.1, 0.15) is 44.1 Å². The third-order valence-electron chi connectivity index (χ3n) is 5.61. The molecule has 0 saturated carbocycles. The Morgan fingerprint density at radius 3 is 2.74 bits per heavy atom. The second kappa shape index (κ2) is 8.76. The molecular formula is C24H22FN7O3. The minimum atomic E-state index is -2.76. The summed E-state index contributed by atoms with van der Waals surface area (Å²) in [6.07, 6.45) is 2.53. The summed E-state index contributed by atoms with van der Waals surface area (Å²) in [5.74, 6) is -0.377. The normalized spacial score (nSPS) is 16.1. The van der Waals surface area contributed by atoms with Gasteiger partial charge >= 0.3 is 0 Å². The zero-order valence-corrected chi connectivity index (χ0v) is 18.7. The maximum atomic E-state index is 13.5. The van der Waals surface area contributed by atoms with Crippen molar-refractivity contribution >= 4 is 23.4 Å². The molecule has 35 heavy (non-hydrogen) atoms. The number of amides is 1. The number of nitrogens with one attached hydrogen (secondary N) is 3. The van der Waals surface area contributed by atoms with Crippen LogP contribution in [0, 0.1) is 5.82 Å². The van der Waals surface area contributed by atoms with E-state index in [4.69, 9.17) is 7.16 Å². The van der Waals surface area contributed by atoms with Crippen molar-refractivity contribution in [1.82, 2.24) is 25.5 Å². The molecule has 1 aliphatic rings. The molecule has 0 radical (unpaired) electrons. The Balaban J connectivity index is 1.52. The minimum Gasteiger partial charge on any atom is -0.423 e. The Kier molecular flexibility index (Phi) is 5.02. The Morgan fingerprint density at radius 1 is 1.23 bits per heavy atom. The number of nitrogens with zero attached hydrogens (tertiary/aromatic N) is 4. The molecule has 1 amide bonds. The number of hydrogen-bond donors (Lipinski definition) is 4. The van der Waals surface area contributed by atoms with Crippen LogP contribution in [0.15, 0.2) is 59.5 Å². The summed E-state index contributed by atoms with van der Waals surface area (Å²) in [4.78, 5) is 21.0. The number of halogens is 1. The summed E-state index contributed by atoms with van der Waals surface area (Å²) in [7, 11) is 0. The van der Waals surface area contributed by atoms with E-state index in [2.05, 4.69) is 36.1 Å². The van der Waals surface area contributed by atoms with Crippen LogP contribution in [-0.2, 0) is 5.54 Å². The summed E-state index contributed by atoms with van der Waals surface area (Å²) in [5.41, 5.74) is 1.99. The highest BCUT2D eigenvalue weighted by Gasteiger charge is 2.35. The van der Waals surface area contributed by atoms with Gasteiger partial charge in [-0.3, -0.25) is 4.79 Å². The zero-order chi connectivity index (χ0) is 26.4. The monoisotopic (exact) mass is 477 g/mol. The molecule has 3 heterocycles. The average molecular weight is 477 g/mol. The topological polar surface area (TPSA) is 138 Å². The van der Waals surface area contributed by atoms with Gasteiger partial charge < -0.3 is 25.5 Å². The van der Waals surface area contributed by atoms with E-state index >= 15 is 0 Å². The number of aliphatic hydroxyl groups is 1. The van der Waals surface area contributed by atoms with Crippen molar-refractivity contribution in [2.24, 2.45) is 0 Å². The van der Waals surface area contributed by atoms with Crippen molar-refractivity contribution in [3.63, 3.8) is 0 Å². The van der Waals surface area contributed by atoms with Gasteiger partial charge in [-0.15, -0.1) is 10.2 Å². The third-order valence-corrected chi connectivity index (χ3v) is 5.61. The lowest BCUT2D eigenvalue weighted by atomic mass is 9.94. The molecule has 4 N–H and O–H groups in total. The molecule has 0 saturated heterocycles. The fourth-order valence-electron chi connectivity index (χ4n) is 3.87. The summed E-state index contributed by atoms with van der Waals surface area (Å²) in [5, 5.41) is 26.7. The van der Waals surface area contributed by atoms with Gasteiger partial charge in [0.2, 0.25) is 12.3 Å². The van der Waals surface area contributed by atoms with E-state index in [-0.39, 0.29) is 34.7 Å². The highest BCUT2D eigenvalue weighted by Crippen LogP contribution is 2.34. The predicted molar refractivity (Wildman–Crippen MR) is 125 cm³/mol. The van der Waals surface area contributed by atoms with Crippen LogP contribution >= 0.6 is 0 Å². The van der Waals surface area contributed by atoms with Crippen LogP contribution in [0.2, 0.25) is 0 Å². The first-order chi connectivity index (χ1) is 17.5. The molecule has 0 unspecified atom stereocenters. The molecule has 5 rings (SSSR count). The lowest BCUT2D eigenvalue weighted by Gasteiger charge is -2.20. The van der Waals surface area contributed by atoms with Gasteiger partial charge in [-0.2, -0.15) is 4.98 Å². The molecule has 2 aromatic heterocycles. The smallest absolute Gasteiger partial charge is 0.252 e. The first-order valence-corrected chi connectivity index (χ1v) is 10.6. The molecule has 0 bridgehead atoms. The largest absolute Gasteiger partial charge is 0.423 e. The third kappa shape index (κ3) is 4.41. The number of aromatic nitrogens is 4. The van der Waals surface area contributed by atoms with E-state index in [1.165, 1.54) is 18.3 Å². The number of anilines is 3. The molecule has 10 nitrogen and oxygen atoms in total. The molecule has 11 heteroatoms. The number of hydrogen-bond acceptors (Lipinski definition) is 9. The van der Waals surface area contributed by atoms with Gasteiger partial charge in [-0.1, -0.05) is 12.1 Å². The average Bonchev–Trinajstić information content (AvgIpc) is 3.44. The van der Waals surface area contributed by atoms with Gasteiger partial charge in [0, 0.05) is 17.4 Å². The van der Waals surface area contributed by atoms with Gasteiger partial charge in [-0.25, -0.2) is 9.37 Å². The molecular weight excluding hydrogens is 453 g/mol. The van der Waals surface area contributed by atoms with Gasteiger partial charge in [0.25, 0.3) is 11.8 Å².